The van der Waals surface area contributed by atoms with Crippen LogP contribution in [-0.2, 0) is 21.2 Å². The van der Waals surface area contributed by atoms with Crippen molar-refractivity contribution in [3.8, 4) is 0 Å². The molecule has 1 heterocycles. The highest BCUT2D eigenvalue weighted by atomic mass is 32.2. The standard InChI is InChI=1S/C19H20N2O4S/c22-19(20-11-9-17-6-3-13-25-17)10-12-21-26(23,24)18-8-7-15-4-1-2-5-16(15)14-18/h1-8,13-14,21H,9-12H2,(H,20,22). The van der Waals surface area contributed by atoms with Crippen molar-refractivity contribution in [3.05, 3.63) is 66.6 Å². The molecule has 0 aliphatic rings. The van der Waals surface area contributed by atoms with Crippen molar-refractivity contribution in [2.24, 2.45) is 0 Å². The van der Waals surface area contributed by atoms with Gasteiger partial charge in [-0.15, -0.1) is 0 Å². The number of nitrogens with one attached hydrogen (secondary N) is 2. The van der Waals surface area contributed by atoms with E-state index in [0.29, 0.717) is 13.0 Å². The van der Waals surface area contributed by atoms with Gasteiger partial charge in [0.05, 0.1) is 11.2 Å². The summed E-state index contributed by atoms with van der Waals surface area (Å²) in [5, 5.41) is 4.56. The van der Waals surface area contributed by atoms with Gasteiger partial charge in [-0.25, -0.2) is 13.1 Å². The Kier molecular flexibility index (Phi) is 5.70. The van der Waals surface area contributed by atoms with Gasteiger partial charge in [0.15, 0.2) is 0 Å². The second-order valence-corrected chi connectivity index (χ2v) is 7.60. The summed E-state index contributed by atoms with van der Waals surface area (Å²) in [5.41, 5.74) is 0. The third-order valence-corrected chi connectivity index (χ3v) is 5.41. The van der Waals surface area contributed by atoms with Crippen LogP contribution in [0.1, 0.15) is 12.2 Å². The Labute approximate surface area is 152 Å². The first-order valence-corrected chi connectivity index (χ1v) is 9.80. The quantitative estimate of drug-likeness (QED) is 0.636. The molecule has 7 heteroatoms. The van der Waals surface area contributed by atoms with E-state index in [-0.39, 0.29) is 23.8 Å². The van der Waals surface area contributed by atoms with Crippen LogP contribution in [0.4, 0.5) is 0 Å². The van der Waals surface area contributed by atoms with E-state index >= 15 is 0 Å². The largest absolute Gasteiger partial charge is 0.469 e. The van der Waals surface area contributed by atoms with Gasteiger partial charge in [0, 0.05) is 25.9 Å². The first-order chi connectivity index (χ1) is 12.5. The Bertz CT molecular complexity index is 982. The van der Waals surface area contributed by atoms with Crippen molar-refractivity contribution in [3.63, 3.8) is 0 Å². The molecule has 0 radical (unpaired) electrons. The van der Waals surface area contributed by atoms with Gasteiger partial charge >= 0.3 is 0 Å². The van der Waals surface area contributed by atoms with Crippen LogP contribution < -0.4 is 10.0 Å². The Hall–Kier alpha value is -2.64. The zero-order valence-electron chi connectivity index (χ0n) is 14.1. The van der Waals surface area contributed by atoms with Gasteiger partial charge in [0.2, 0.25) is 15.9 Å². The van der Waals surface area contributed by atoms with Crippen molar-refractivity contribution in [1.82, 2.24) is 10.0 Å². The molecule has 0 saturated heterocycles. The van der Waals surface area contributed by atoms with E-state index in [1.165, 1.54) is 0 Å². The zero-order chi connectivity index (χ0) is 18.4. The maximum atomic E-state index is 12.4. The molecule has 1 amide bonds. The molecule has 0 unspecified atom stereocenters. The third kappa shape index (κ3) is 4.71. The van der Waals surface area contributed by atoms with Crippen molar-refractivity contribution in [2.75, 3.05) is 13.1 Å². The summed E-state index contributed by atoms with van der Waals surface area (Å²) in [5.74, 6) is 0.583. The average molecular weight is 372 g/mol. The molecule has 0 atom stereocenters. The summed E-state index contributed by atoms with van der Waals surface area (Å²) in [6.45, 7) is 0.492. The summed E-state index contributed by atoms with van der Waals surface area (Å²) in [7, 11) is -3.65. The number of carbonyl (C=O) groups is 1. The molecule has 0 spiro atoms. The molecule has 0 fully saturated rings. The normalized spacial score (nSPS) is 11.5. The molecule has 0 bridgehead atoms. The summed E-state index contributed by atoms with van der Waals surface area (Å²) in [6, 6.07) is 16.1. The van der Waals surface area contributed by atoms with Crippen molar-refractivity contribution >= 4 is 26.7 Å². The SMILES string of the molecule is O=C(CCNS(=O)(=O)c1ccc2ccccc2c1)NCCc1ccco1. The number of hydrogen-bond donors (Lipinski definition) is 2. The minimum Gasteiger partial charge on any atom is -0.469 e. The molecule has 0 aliphatic carbocycles. The van der Waals surface area contributed by atoms with Gasteiger partial charge in [-0.1, -0.05) is 30.3 Å². The first kappa shape index (κ1) is 18.2. The number of furan rings is 1. The van der Waals surface area contributed by atoms with Crippen LogP contribution in [0.5, 0.6) is 0 Å². The topological polar surface area (TPSA) is 88.4 Å². The maximum absolute atomic E-state index is 12.4. The van der Waals surface area contributed by atoms with Crippen LogP contribution in [-0.4, -0.2) is 27.4 Å². The number of fused-ring (bicyclic) bond motifs is 1. The average Bonchev–Trinajstić information content (AvgIpc) is 3.14. The molecular formula is C19H20N2O4S. The Morgan fingerprint density at radius 3 is 2.54 bits per heavy atom. The van der Waals surface area contributed by atoms with Crippen molar-refractivity contribution in [2.45, 2.75) is 17.7 Å². The summed E-state index contributed by atoms with van der Waals surface area (Å²) in [4.78, 5) is 12.0. The zero-order valence-corrected chi connectivity index (χ0v) is 15.0. The van der Waals surface area contributed by atoms with E-state index in [1.807, 2.05) is 30.3 Å². The summed E-state index contributed by atoms with van der Waals surface area (Å²) in [6.07, 6.45) is 2.26. The molecular weight excluding hydrogens is 352 g/mol. The second-order valence-electron chi connectivity index (χ2n) is 5.84. The molecule has 3 aromatic rings. The molecule has 2 N–H and O–H groups in total. The number of amides is 1. The number of sulfonamides is 1. The Morgan fingerprint density at radius 1 is 0.962 bits per heavy atom. The van der Waals surface area contributed by atoms with Gasteiger partial charge in [0.25, 0.3) is 0 Å². The van der Waals surface area contributed by atoms with Crippen molar-refractivity contribution in [1.29, 1.82) is 0 Å². The van der Waals surface area contributed by atoms with Gasteiger partial charge < -0.3 is 9.73 Å². The smallest absolute Gasteiger partial charge is 0.240 e. The van der Waals surface area contributed by atoms with Gasteiger partial charge in [0.1, 0.15) is 5.76 Å². The molecule has 26 heavy (non-hydrogen) atoms. The predicted octanol–water partition coefficient (Wildman–Crippen LogP) is 2.46. The van der Waals surface area contributed by atoms with E-state index < -0.39 is 10.0 Å². The van der Waals surface area contributed by atoms with Crippen LogP contribution in [0.25, 0.3) is 10.8 Å². The number of rotatable bonds is 8. The monoisotopic (exact) mass is 372 g/mol. The van der Waals surface area contributed by atoms with Gasteiger partial charge in [-0.05, 0) is 35.0 Å². The summed E-state index contributed by atoms with van der Waals surface area (Å²) < 4.78 is 32.4. The highest BCUT2D eigenvalue weighted by Crippen LogP contribution is 2.18. The molecule has 3 rings (SSSR count). The predicted molar refractivity (Wildman–Crippen MR) is 99.2 cm³/mol. The number of carbonyl (C=O) groups excluding carboxylic acids is 1. The van der Waals surface area contributed by atoms with Crippen molar-refractivity contribution < 1.29 is 17.6 Å². The van der Waals surface area contributed by atoms with E-state index in [4.69, 9.17) is 4.42 Å². The lowest BCUT2D eigenvalue weighted by Crippen LogP contribution is -2.31. The highest BCUT2D eigenvalue weighted by Gasteiger charge is 2.14. The fourth-order valence-electron chi connectivity index (χ4n) is 2.59. The lowest BCUT2D eigenvalue weighted by Gasteiger charge is -2.08. The molecule has 0 aliphatic heterocycles. The van der Waals surface area contributed by atoms with Gasteiger partial charge in [-0.3, -0.25) is 4.79 Å². The van der Waals surface area contributed by atoms with Crippen LogP contribution in [0.2, 0.25) is 0 Å². The summed E-state index contributed by atoms with van der Waals surface area (Å²) >= 11 is 0. The molecule has 136 valence electrons. The molecule has 0 saturated carbocycles. The van der Waals surface area contributed by atoms with E-state index in [1.54, 1.807) is 30.5 Å². The lowest BCUT2D eigenvalue weighted by atomic mass is 10.1. The third-order valence-electron chi connectivity index (χ3n) is 3.95. The molecule has 2 aromatic carbocycles. The number of benzene rings is 2. The van der Waals surface area contributed by atoms with Crippen LogP contribution in [0.3, 0.4) is 0 Å². The van der Waals surface area contributed by atoms with E-state index in [2.05, 4.69) is 10.0 Å². The van der Waals surface area contributed by atoms with Crippen LogP contribution in [0.15, 0.2) is 70.2 Å². The highest BCUT2D eigenvalue weighted by molar-refractivity contribution is 7.89. The Balaban J connectivity index is 1.48. The van der Waals surface area contributed by atoms with Crippen LogP contribution in [0, 0.1) is 0 Å². The minimum atomic E-state index is -3.65. The van der Waals surface area contributed by atoms with E-state index in [9.17, 15) is 13.2 Å². The van der Waals surface area contributed by atoms with Gasteiger partial charge in [-0.2, -0.15) is 0 Å². The lowest BCUT2D eigenvalue weighted by molar-refractivity contribution is -0.120. The molecule has 6 nitrogen and oxygen atoms in total. The Morgan fingerprint density at radius 2 is 1.77 bits per heavy atom. The molecule has 1 aromatic heterocycles. The fraction of sp³-hybridized carbons (Fsp3) is 0.211. The second kappa shape index (κ2) is 8.16. The van der Waals surface area contributed by atoms with E-state index in [0.717, 1.165) is 16.5 Å². The minimum absolute atomic E-state index is 0.0434. The maximum Gasteiger partial charge on any atom is 0.240 e. The fourth-order valence-corrected chi connectivity index (χ4v) is 3.65. The van der Waals surface area contributed by atoms with Crippen LogP contribution >= 0.6 is 0 Å². The number of hydrogen-bond acceptors (Lipinski definition) is 4. The first-order valence-electron chi connectivity index (χ1n) is 8.32.